The Morgan fingerprint density at radius 3 is 2.00 bits per heavy atom. The Bertz CT molecular complexity index is 177. The first-order valence-corrected chi connectivity index (χ1v) is 4.85. The van der Waals surface area contributed by atoms with Gasteiger partial charge in [-0.15, -0.1) is 0 Å². The molecule has 0 aromatic heterocycles. The molecule has 0 spiro atoms. The Labute approximate surface area is 84.0 Å². The quantitative estimate of drug-likeness (QED) is 0.343. The van der Waals surface area contributed by atoms with Gasteiger partial charge in [0.25, 0.3) is 0 Å². The van der Waals surface area contributed by atoms with Crippen molar-refractivity contribution < 1.29 is 28.3 Å². The monoisotopic (exact) mass is 228 g/mol. The predicted octanol–water partition coefficient (Wildman–Crippen LogP) is -2.91. The van der Waals surface area contributed by atoms with Gasteiger partial charge < -0.3 is 25.6 Å². The summed E-state index contributed by atoms with van der Waals surface area (Å²) in [5.74, 6) is 0. The van der Waals surface area contributed by atoms with E-state index in [1.165, 1.54) is 0 Å². The van der Waals surface area contributed by atoms with E-state index in [1.54, 1.807) is 0 Å². The van der Waals surface area contributed by atoms with Crippen LogP contribution < -0.4 is 5.73 Å². The maximum atomic E-state index is 10.2. The highest BCUT2D eigenvalue weighted by molar-refractivity contribution is 7.74. The summed E-state index contributed by atoms with van der Waals surface area (Å²) < 4.78 is 24.8. The minimum atomic E-state index is -2.81. The fourth-order valence-corrected chi connectivity index (χ4v) is 1.41. The highest BCUT2D eigenvalue weighted by Crippen LogP contribution is 2.23. The van der Waals surface area contributed by atoms with E-state index in [4.69, 9.17) is 21.1 Å². The van der Waals surface area contributed by atoms with Gasteiger partial charge in [-0.1, -0.05) is 0 Å². The number of aliphatic hydroxyl groups is 3. The van der Waals surface area contributed by atoms with E-state index in [-0.39, 0.29) is 6.54 Å². The minimum absolute atomic E-state index is 0.240. The number of rotatable bonds is 7. The van der Waals surface area contributed by atoms with Gasteiger partial charge >= 0.3 is 0 Å². The maximum absolute atomic E-state index is 10.2. The molecule has 0 heterocycles. The van der Waals surface area contributed by atoms with Crippen LogP contribution in [0.5, 0.6) is 0 Å². The molecule has 0 aliphatic rings. The number of nitrogens with two attached hydrogens (primary N) is 1. The normalized spacial score (nSPS) is 16.6. The molecule has 8 heteroatoms. The summed E-state index contributed by atoms with van der Waals surface area (Å²) >= 11 is -2.81. The van der Waals surface area contributed by atoms with Crippen molar-refractivity contribution in [2.75, 3.05) is 26.4 Å². The topological polar surface area (TPSA) is 136 Å². The molecule has 0 bridgehead atoms. The molecule has 0 fully saturated rings. The first-order chi connectivity index (χ1) is 6.56. The zero-order chi connectivity index (χ0) is 11.2. The Balaban J connectivity index is 4.64. The lowest BCUT2D eigenvalue weighted by molar-refractivity contribution is -0.0667. The van der Waals surface area contributed by atoms with E-state index in [0.717, 1.165) is 0 Å². The van der Waals surface area contributed by atoms with E-state index in [9.17, 15) is 8.76 Å². The molecule has 0 aromatic rings. The van der Waals surface area contributed by atoms with Crippen molar-refractivity contribution in [3.8, 4) is 0 Å². The van der Waals surface area contributed by atoms with Gasteiger partial charge in [-0.25, -0.2) is 4.21 Å². The van der Waals surface area contributed by atoms with E-state index >= 15 is 0 Å². The fraction of sp³-hybridized carbons (Fsp3) is 1.00. The number of aliphatic hydroxyl groups excluding tert-OH is 3. The van der Waals surface area contributed by atoms with Crippen LogP contribution in [0.2, 0.25) is 0 Å². The summed E-state index contributed by atoms with van der Waals surface area (Å²) in [5, 5.41) is 26.8. The van der Waals surface area contributed by atoms with Crippen LogP contribution in [-0.4, -0.2) is 56.6 Å². The van der Waals surface area contributed by atoms with Gasteiger partial charge in [-0.2, -0.15) is 0 Å². The van der Waals surface area contributed by atoms with Crippen molar-refractivity contribution in [1.29, 1.82) is 0 Å². The van der Waals surface area contributed by atoms with Crippen LogP contribution in [0.1, 0.15) is 0 Å². The standard InChI is InChI=1S/C6H15NO6S/c7-1-5(13-14(11)12)6(2-8,3-9)4-10/h5,8-10H,1-4,7H2,(H,11,12)/p-1. The van der Waals surface area contributed by atoms with Crippen molar-refractivity contribution in [3.63, 3.8) is 0 Å². The van der Waals surface area contributed by atoms with Crippen molar-refractivity contribution in [2.24, 2.45) is 11.1 Å². The van der Waals surface area contributed by atoms with Crippen LogP contribution in [0.15, 0.2) is 0 Å². The highest BCUT2D eigenvalue weighted by atomic mass is 32.2. The first kappa shape index (κ1) is 13.9. The zero-order valence-electron chi connectivity index (χ0n) is 7.46. The van der Waals surface area contributed by atoms with Crippen LogP contribution in [0.3, 0.4) is 0 Å². The van der Waals surface area contributed by atoms with Gasteiger partial charge in [0, 0.05) is 6.54 Å². The Morgan fingerprint density at radius 2 is 1.79 bits per heavy atom. The van der Waals surface area contributed by atoms with Crippen LogP contribution in [-0.2, 0) is 15.5 Å². The minimum Gasteiger partial charge on any atom is -0.750 e. The van der Waals surface area contributed by atoms with E-state index in [1.807, 2.05) is 0 Å². The number of hydrogen-bond donors (Lipinski definition) is 4. The molecule has 2 atom stereocenters. The molecule has 86 valence electrons. The summed E-state index contributed by atoms with van der Waals surface area (Å²) in [5.41, 5.74) is 3.75. The highest BCUT2D eigenvalue weighted by Gasteiger charge is 2.38. The van der Waals surface area contributed by atoms with Crippen molar-refractivity contribution in [1.82, 2.24) is 0 Å². The molecule has 0 amide bonds. The molecule has 0 rings (SSSR count). The lowest BCUT2D eigenvalue weighted by Crippen LogP contribution is -2.50. The molecular weight excluding hydrogens is 214 g/mol. The van der Waals surface area contributed by atoms with Gasteiger partial charge in [-0.05, 0) is 0 Å². The van der Waals surface area contributed by atoms with Crippen LogP contribution in [0.4, 0.5) is 0 Å². The van der Waals surface area contributed by atoms with E-state index in [2.05, 4.69) is 4.18 Å². The van der Waals surface area contributed by atoms with Crippen molar-refractivity contribution >= 4 is 11.4 Å². The lowest BCUT2D eigenvalue weighted by Gasteiger charge is -2.35. The van der Waals surface area contributed by atoms with Crippen LogP contribution in [0, 0.1) is 5.41 Å². The Morgan fingerprint density at radius 1 is 1.36 bits per heavy atom. The second-order valence-corrected chi connectivity index (χ2v) is 3.46. The summed E-state index contributed by atoms with van der Waals surface area (Å²) in [7, 11) is 0. The van der Waals surface area contributed by atoms with Crippen LogP contribution in [0.25, 0.3) is 0 Å². The predicted molar refractivity (Wildman–Crippen MR) is 46.5 cm³/mol. The Hall–Kier alpha value is -0.0900. The molecule has 0 saturated heterocycles. The molecule has 5 N–H and O–H groups in total. The summed E-state index contributed by atoms with van der Waals surface area (Å²) in [4.78, 5) is 0. The average molecular weight is 228 g/mol. The third-order valence-electron chi connectivity index (χ3n) is 2.04. The molecule has 0 saturated carbocycles. The van der Waals surface area contributed by atoms with E-state index < -0.39 is 42.7 Å². The lowest BCUT2D eigenvalue weighted by atomic mass is 9.84. The summed E-state index contributed by atoms with van der Waals surface area (Å²) in [6, 6.07) is 0. The van der Waals surface area contributed by atoms with Gasteiger partial charge in [0.05, 0.1) is 42.7 Å². The second-order valence-electron chi connectivity index (χ2n) is 2.86. The van der Waals surface area contributed by atoms with Crippen LogP contribution >= 0.6 is 0 Å². The van der Waals surface area contributed by atoms with Gasteiger partial charge in [0.1, 0.15) is 0 Å². The maximum Gasteiger partial charge on any atom is 0.0981 e. The third kappa shape index (κ3) is 3.24. The molecule has 7 nitrogen and oxygen atoms in total. The SMILES string of the molecule is NCC(OS(=O)[O-])C(CO)(CO)CO. The molecule has 0 aliphatic carbocycles. The number of hydrogen-bond acceptors (Lipinski definition) is 7. The Kier molecular flexibility index (Phi) is 6.36. The largest absolute Gasteiger partial charge is 0.750 e. The van der Waals surface area contributed by atoms with Crippen molar-refractivity contribution in [2.45, 2.75) is 6.10 Å². The van der Waals surface area contributed by atoms with E-state index in [0.29, 0.717) is 0 Å². The summed E-state index contributed by atoms with van der Waals surface area (Å²) in [6.07, 6.45) is -1.15. The molecule has 0 aromatic carbocycles. The van der Waals surface area contributed by atoms with Gasteiger partial charge in [0.2, 0.25) is 0 Å². The molecule has 14 heavy (non-hydrogen) atoms. The zero-order valence-corrected chi connectivity index (χ0v) is 8.27. The van der Waals surface area contributed by atoms with Crippen molar-refractivity contribution in [3.05, 3.63) is 0 Å². The first-order valence-electron chi connectivity index (χ1n) is 3.85. The summed E-state index contributed by atoms with van der Waals surface area (Å²) in [6.45, 7) is -2.12. The van der Waals surface area contributed by atoms with Gasteiger partial charge in [-0.3, -0.25) is 4.18 Å². The molecule has 0 aliphatic heterocycles. The van der Waals surface area contributed by atoms with Gasteiger partial charge in [0.15, 0.2) is 0 Å². The smallest absolute Gasteiger partial charge is 0.0981 e. The molecular formula is C6H14NO6S-. The second kappa shape index (κ2) is 6.40. The molecule has 0 radical (unpaired) electrons. The third-order valence-corrected chi connectivity index (χ3v) is 2.43. The average Bonchev–Trinajstić information content (AvgIpc) is 2.19. The molecule has 2 unspecified atom stereocenters. The fourth-order valence-electron chi connectivity index (χ4n) is 0.942.